The number of pyridine rings is 1. The highest BCUT2D eigenvalue weighted by atomic mass is 32.1. The lowest BCUT2D eigenvalue weighted by Gasteiger charge is -2.00. The molecule has 5 heteroatoms. The van der Waals surface area contributed by atoms with Gasteiger partial charge in [0.25, 0.3) is 0 Å². The van der Waals surface area contributed by atoms with Gasteiger partial charge in [0.15, 0.2) is 0 Å². The Morgan fingerprint density at radius 1 is 1.73 bits per heavy atom. The summed E-state index contributed by atoms with van der Waals surface area (Å²) in [6, 6.07) is 1.35. The summed E-state index contributed by atoms with van der Waals surface area (Å²) in [5, 5.41) is 9.15. The van der Waals surface area contributed by atoms with Crippen molar-refractivity contribution in [2.75, 3.05) is 0 Å². The van der Waals surface area contributed by atoms with E-state index in [1.807, 2.05) is 0 Å². The Labute approximate surface area is 70.7 Å². The third-order valence-corrected chi connectivity index (χ3v) is 1.32. The Hall–Kier alpha value is -1.10. The van der Waals surface area contributed by atoms with Gasteiger partial charge in [-0.05, 0) is 6.07 Å². The van der Waals surface area contributed by atoms with Crippen LogP contribution in [0.5, 0.6) is 5.75 Å². The van der Waals surface area contributed by atoms with E-state index in [9.17, 15) is 0 Å². The van der Waals surface area contributed by atoms with Gasteiger partial charge in [0, 0.05) is 6.20 Å². The van der Waals surface area contributed by atoms with E-state index < -0.39 is 0 Å². The number of aromatic hydroxyl groups is 1. The summed E-state index contributed by atoms with van der Waals surface area (Å²) < 4.78 is 0. The molecular weight excluding hydrogens is 159 g/mol. The molecule has 0 bridgehead atoms. The van der Waals surface area contributed by atoms with Gasteiger partial charge in [-0.1, -0.05) is 17.7 Å². The Kier molecular flexibility index (Phi) is 2.09. The third-order valence-electron chi connectivity index (χ3n) is 1.12. The fourth-order valence-electron chi connectivity index (χ4n) is 0.659. The van der Waals surface area contributed by atoms with Crippen LogP contribution in [0.2, 0.25) is 0 Å². The molecule has 0 fully saturated rings. The molecule has 0 spiro atoms. The summed E-state index contributed by atoms with van der Waals surface area (Å²) in [5.74, 6) is -0.0856. The van der Waals surface area contributed by atoms with Gasteiger partial charge >= 0.3 is 0 Å². The Bertz CT molecular complexity index is 303. The average molecular weight is 164 g/mol. The van der Waals surface area contributed by atoms with E-state index in [0.717, 1.165) is 0 Å². The van der Waals surface area contributed by atoms with E-state index in [1.165, 1.54) is 12.3 Å². The van der Waals surface area contributed by atoms with Crippen LogP contribution in [-0.2, 0) is 0 Å². The summed E-state index contributed by atoms with van der Waals surface area (Å²) in [6.45, 7) is 0. The first-order chi connectivity index (χ1) is 5.11. The van der Waals surface area contributed by atoms with Gasteiger partial charge in [0.2, 0.25) is 0 Å². The second-order valence-electron chi connectivity index (χ2n) is 2.00. The molecule has 2 radical (unpaired) electrons. The maximum atomic E-state index is 9.15. The van der Waals surface area contributed by atoms with Crippen molar-refractivity contribution in [3.8, 4) is 5.75 Å². The summed E-state index contributed by atoms with van der Waals surface area (Å²) in [5.41, 5.74) is 5.81. The normalized spacial score (nSPS) is 9.45. The molecule has 1 aromatic rings. The lowest BCUT2D eigenvalue weighted by molar-refractivity contribution is 0.472. The number of hydrogen-bond donors (Lipinski definition) is 2. The highest BCUT2D eigenvalue weighted by Gasteiger charge is 2.03. The predicted molar refractivity (Wildman–Crippen MR) is 47.2 cm³/mol. The topological polar surface area (TPSA) is 59.1 Å². The zero-order chi connectivity index (χ0) is 8.43. The van der Waals surface area contributed by atoms with E-state index in [0.29, 0.717) is 5.46 Å². The molecule has 0 unspecified atom stereocenters. The van der Waals surface area contributed by atoms with Crippen molar-refractivity contribution in [1.29, 1.82) is 0 Å². The van der Waals surface area contributed by atoms with Gasteiger partial charge in [-0.2, -0.15) is 0 Å². The summed E-state index contributed by atoms with van der Waals surface area (Å²) in [6.07, 6.45) is 1.38. The van der Waals surface area contributed by atoms with Crippen molar-refractivity contribution in [2.45, 2.75) is 0 Å². The monoisotopic (exact) mass is 164 g/mol. The van der Waals surface area contributed by atoms with Crippen LogP contribution >= 0.6 is 12.2 Å². The standard InChI is InChI=1S/C6H5BN2OS/c7-3-1-4(10)5(6(8)11)9-2-3/h1-2,10H,(H2,8,11). The molecule has 1 aromatic heterocycles. The molecule has 0 aliphatic rings. The van der Waals surface area contributed by atoms with Crippen molar-refractivity contribution in [1.82, 2.24) is 4.98 Å². The third kappa shape index (κ3) is 1.68. The molecule has 0 aliphatic heterocycles. The molecule has 54 valence electrons. The lowest BCUT2D eigenvalue weighted by Crippen LogP contribution is -2.14. The maximum absolute atomic E-state index is 9.15. The number of aromatic nitrogens is 1. The smallest absolute Gasteiger partial charge is 0.143 e. The van der Waals surface area contributed by atoms with Crippen LogP contribution < -0.4 is 11.2 Å². The van der Waals surface area contributed by atoms with Gasteiger partial charge in [-0.25, -0.2) is 0 Å². The van der Waals surface area contributed by atoms with Crippen LogP contribution in [0.4, 0.5) is 0 Å². The van der Waals surface area contributed by atoms with Gasteiger partial charge < -0.3 is 10.8 Å². The van der Waals surface area contributed by atoms with Crippen LogP contribution in [0.15, 0.2) is 12.3 Å². The van der Waals surface area contributed by atoms with Gasteiger partial charge in [0.05, 0.1) is 0 Å². The van der Waals surface area contributed by atoms with E-state index in [2.05, 4.69) is 17.2 Å². The Balaban J connectivity index is 3.20. The van der Waals surface area contributed by atoms with Crippen molar-refractivity contribution in [2.24, 2.45) is 5.73 Å². The largest absolute Gasteiger partial charge is 0.506 e. The van der Waals surface area contributed by atoms with Crippen LogP contribution in [0.3, 0.4) is 0 Å². The van der Waals surface area contributed by atoms with Crippen LogP contribution in [0, 0.1) is 0 Å². The van der Waals surface area contributed by atoms with E-state index in [1.54, 1.807) is 0 Å². The van der Waals surface area contributed by atoms with Crippen molar-refractivity contribution in [3.05, 3.63) is 18.0 Å². The number of hydrogen-bond acceptors (Lipinski definition) is 3. The van der Waals surface area contributed by atoms with Crippen LogP contribution in [-0.4, -0.2) is 22.9 Å². The summed E-state index contributed by atoms with van der Waals surface area (Å²) >= 11 is 4.61. The molecule has 3 nitrogen and oxygen atoms in total. The quantitative estimate of drug-likeness (QED) is 0.422. The molecule has 11 heavy (non-hydrogen) atoms. The van der Waals surface area contributed by atoms with Crippen molar-refractivity contribution < 1.29 is 5.11 Å². The summed E-state index contributed by atoms with van der Waals surface area (Å²) in [7, 11) is 5.32. The van der Waals surface area contributed by atoms with E-state index in [-0.39, 0.29) is 16.4 Å². The number of rotatable bonds is 1. The van der Waals surface area contributed by atoms with E-state index in [4.69, 9.17) is 18.7 Å². The molecule has 0 atom stereocenters. The maximum Gasteiger partial charge on any atom is 0.143 e. The highest BCUT2D eigenvalue weighted by molar-refractivity contribution is 7.80. The van der Waals surface area contributed by atoms with Crippen molar-refractivity contribution >= 4 is 30.5 Å². The first kappa shape index (κ1) is 8.01. The number of nitrogens with zero attached hydrogens (tertiary/aromatic N) is 1. The van der Waals surface area contributed by atoms with Crippen molar-refractivity contribution in [3.63, 3.8) is 0 Å². The molecule has 0 amide bonds. The lowest BCUT2D eigenvalue weighted by atomic mass is 9.98. The molecule has 0 saturated heterocycles. The molecule has 1 rings (SSSR count). The second-order valence-corrected chi connectivity index (χ2v) is 2.44. The average Bonchev–Trinajstić information content (AvgIpc) is 1.85. The number of thiocarbonyl (C=S) groups is 1. The van der Waals surface area contributed by atoms with Gasteiger partial charge in [-0.15, -0.1) is 0 Å². The van der Waals surface area contributed by atoms with E-state index >= 15 is 0 Å². The zero-order valence-corrected chi connectivity index (χ0v) is 6.43. The second kappa shape index (κ2) is 2.88. The molecule has 0 saturated carbocycles. The Morgan fingerprint density at radius 2 is 2.36 bits per heavy atom. The first-order valence-corrected chi connectivity index (χ1v) is 3.26. The minimum absolute atomic E-state index is 0.0579. The van der Waals surface area contributed by atoms with Crippen LogP contribution in [0.1, 0.15) is 5.69 Å². The predicted octanol–water partition coefficient (Wildman–Crippen LogP) is -0.785. The SMILES string of the molecule is [B]c1cnc(C(N)=S)c(O)c1. The molecular formula is C6H5BN2OS. The van der Waals surface area contributed by atoms with Gasteiger partial charge in [-0.3, -0.25) is 4.98 Å². The molecule has 3 N–H and O–H groups in total. The fourth-order valence-corrected chi connectivity index (χ4v) is 0.816. The molecule has 0 aromatic carbocycles. The first-order valence-electron chi connectivity index (χ1n) is 2.85. The Morgan fingerprint density at radius 3 is 2.82 bits per heavy atom. The number of nitrogens with two attached hydrogens (primary N) is 1. The van der Waals surface area contributed by atoms with Gasteiger partial charge in [0.1, 0.15) is 24.3 Å². The zero-order valence-electron chi connectivity index (χ0n) is 5.61. The minimum atomic E-state index is -0.0856. The summed E-state index contributed by atoms with van der Waals surface area (Å²) in [4.78, 5) is 3.79. The van der Waals surface area contributed by atoms with Crippen LogP contribution in [0.25, 0.3) is 0 Å². The fraction of sp³-hybridized carbons (Fsp3) is 0. The highest BCUT2D eigenvalue weighted by Crippen LogP contribution is 2.09. The molecule has 1 heterocycles. The minimum Gasteiger partial charge on any atom is -0.506 e. The molecule has 0 aliphatic carbocycles.